The fourth-order valence-corrected chi connectivity index (χ4v) is 4.42. The maximum atomic E-state index is 2.61. The predicted octanol–water partition coefficient (Wildman–Crippen LogP) is 7.32. The summed E-state index contributed by atoms with van der Waals surface area (Å²) >= 11 is 5.23. The molecular weight excluding hydrogens is 446 g/mol. The Balaban J connectivity index is 2.84. The van der Waals surface area contributed by atoms with Gasteiger partial charge in [0.1, 0.15) is 0 Å². The van der Waals surface area contributed by atoms with Gasteiger partial charge in [-0.3, -0.25) is 0 Å². The standard InChI is InChI=1S/C16H26I2/c1-3-5-11-15(17)13-9-7-8-10-14(13)16(18)12-6-4-2/h3-12H2,1-2H3/b15-13+,16-14+. The van der Waals surface area contributed by atoms with Crippen molar-refractivity contribution in [1.82, 2.24) is 0 Å². The summed E-state index contributed by atoms with van der Waals surface area (Å²) < 4.78 is 3.30. The van der Waals surface area contributed by atoms with E-state index in [-0.39, 0.29) is 0 Å². The van der Waals surface area contributed by atoms with Gasteiger partial charge in [-0.25, -0.2) is 0 Å². The molecule has 1 fully saturated rings. The molecule has 0 nitrogen and oxygen atoms in total. The molecule has 0 amide bonds. The molecule has 0 N–H and O–H groups in total. The summed E-state index contributed by atoms with van der Waals surface area (Å²) in [6, 6.07) is 0. The Hall–Kier alpha value is 0.940. The second-order valence-corrected chi connectivity index (χ2v) is 7.79. The molecular formula is C16H26I2. The zero-order valence-corrected chi connectivity index (χ0v) is 16.1. The molecule has 1 aliphatic carbocycles. The molecule has 2 heteroatoms. The average molecular weight is 472 g/mol. The van der Waals surface area contributed by atoms with Gasteiger partial charge in [-0.1, -0.05) is 26.7 Å². The van der Waals surface area contributed by atoms with Crippen LogP contribution in [-0.4, -0.2) is 0 Å². The number of unbranched alkanes of at least 4 members (excludes halogenated alkanes) is 2. The van der Waals surface area contributed by atoms with Crippen molar-refractivity contribution in [3.8, 4) is 0 Å². The highest BCUT2D eigenvalue weighted by Gasteiger charge is 2.17. The van der Waals surface area contributed by atoms with Crippen LogP contribution in [0.2, 0.25) is 0 Å². The summed E-state index contributed by atoms with van der Waals surface area (Å²) in [4.78, 5) is 0. The minimum atomic E-state index is 1.30. The normalized spacial score (nSPS) is 22.0. The van der Waals surface area contributed by atoms with Crippen molar-refractivity contribution in [2.45, 2.75) is 78.1 Å². The van der Waals surface area contributed by atoms with Crippen LogP contribution in [0.5, 0.6) is 0 Å². The molecule has 18 heavy (non-hydrogen) atoms. The van der Waals surface area contributed by atoms with E-state index in [1.54, 1.807) is 18.3 Å². The smallest absolute Gasteiger partial charge is 0.00590 e. The van der Waals surface area contributed by atoms with Gasteiger partial charge in [-0.15, -0.1) is 0 Å². The Morgan fingerprint density at radius 1 is 0.833 bits per heavy atom. The van der Waals surface area contributed by atoms with E-state index in [0.717, 1.165) is 0 Å². The highest BCUT2D eigenvalue weighted by Crippen LogP contribution is 2.39. The molecule has 0 radical (unpaired) electrons. The van der Waals surface area contributed by atoms with Gasteiger partial charge in [-0.2, -0.15) is 0 Å². The Morgan fingerprint density at radius 3 is 1.56 bits per heavy atom. The first-order chi connectivity index (χ1) is 8.70. The fraction of sp³-hybridized carbons (Fsp3) is 0.750. The Kier molecular flexibility index (Phi) is 9.24. The van der Waals surface area contributed by atoms with Gasteiger partial charge in [0, 0.05) is 0 Å². The van der Waals surface area contributed by atoms with Crippen molar-refractivity contribution in [1.29, 1.82) is 0 Å². The molecule has 0 heterocycles. The van der Waals surface area contributed by atoms with E-state index in [0.29, 0.717) is 0 Å². The molecule has 0 aromatic rings. The summed E-state index contributed by atoms with van der Waals surface area (Å²) in [7, 11) is 0. The first-order valence-electron chi connectivity index (χ1n) is 7.46. The first kappa shape index (κ1) is 17.0. The summed E-state index contributed by atoms with van der Waals surface area (Å²) in [5, 5.41) is 0. The second-order valence-electron chi connectivity index (χ2n) is 5.18. The van der Waals surface area contributed by atoms with E-state index in [1.165, 1.54) is 64.2 Å². The molecule has 0 aromatic heterocycles. The lowest BCUT2D eigenvalue weighted by Crippen LogP contribution is -2.02. The third-order valence-electron chi connectivity index (χ3n) is 3.62. The lowest BCUT2D eigenvalue weighted by molar-refractivity contribution is 0.665. The van der Waals surface area contributed by atoms with E-state index in [2.05, 4.69) is 59.0 Å². The number of hydrogen-bond acceptors (Lipinski definition) is 0. The largest absolute Gasteiger partial charge is 0.0654 e. The number of hydrogen-bond donors (Lipinski definition) is 0. The van der Waals surface area contributed by atoms with Gasteiger partial charge in [0.2, 0.25) is 0 Å². The summed E-state index contributed by atoms with van der Waals surface area (Å²) in [5.74, 6) is 0. The van der Waals surface area contributed by atoms with E-state index < -0.39 is 0 Å². The van der Waals surface area contributed by atoms with E-state index >= 15 is 0 Å². The van der Waals surface area contributed by atoms with Gasteiger partial charge in [-0.05, 0) is 115 Å². The molecule has 104 valence electrons. The van der Waals surface area contributed by atoms with Gasteiger partial charge >= 0.3 is 0 Å². The Morgan fingerprint density at radius 2 is 1.22 bits per heavy atom. The Labute approximate surface area is 140 Å². The molecule has 0 saturated heterocycles. The highest BCUT2D eigenvalue weighted by molar-refractivity contribution is 14.1. The van der Waals surface area contributed by atoms with E-state index in [9.17, 15) is 0 Å². The number of rotatable bonds is 6. The molecule has 1 saturated carbocycles. The molecule has 0 aliphatic heterocycles. The summed E-state index contributed by atoms with van der Waals surface area (Å²) in [6.45, 7) is 4.58. The Bertz CT molecular complexity index is 281. The topological polar surface area (TPSA) is 0 Å². The van der Waals surface area contributed by atoms with Crippen molar-refractivity contribution < 1.29 is 0 Å². The first-order valence-corrected chi connectivity index (χ1v) is 9.61. The minimum absolute atomic E-state index is 1.30. The van der Waals surface area contributed by atoms with Crippen LogP contribution < -0.4 is 0 Å². The van der Waals surface area contributed by atoms with E-state index in [4.69, 9.17) is 0 Å². The predicted molar refractivity (Wildman–Crippen MR) is 99.6 cm³/mol. The van der Waals surface area contributed by atoms with Gasteiger partial charge < -0.3 is 0 Å². The summed E-state index contributed by atoms with van der Waals surface area (Å²) in [6.07, 6.45) is 13.4. The minimum Gasteiger partial charge on any atom is -0.0654 e. The van der Waals surface area contributed by atoms with Crippen LogP contribution in [0.15, 0.2) is 18.3 Å². The third kappa shape index (κ3) is 5.51. The lowest BCUT2D eigenvalue weighted by atomic mass is 9.87. The van der Waals surface area contributed by atoms with Crippen LogP contribution in [0.4, 0.5) is 0 Å². The maximum absolute atomic E-state index is 2.61. The molecule has 1 aliphatic rings. The summed E-state index contributed by atoms with van der Waals surface area (Å²) in [5.41, 5.74) is 3.44. The van der Waals surface area contributed by atoms with Crippen molar-refractivity contribution in [2.24, 2.45) is 0 Å². The van der Waals surface area contributed by atoms with E-state index in [1.807, 2.05) is 0 Å². The zero-order valence-electron chi connectivity index (χ0n) is 11.8. The molecule has 1 rings (SSSR count). The molecule has 0 atom stereocenters. The van der Waals surface area contributed by atoms with Crippen LogP contribution in [0, 0.1) is 0 Å². The van der Waals surface area contributed by atoms with Crippen LogP contribution >= 0.6 is 45.2 Å². The van der Waals surface area contributed by atoms with Crippen LogP contribution in [0.3, 0.4) is 0 Å². The average Bonchev–Trinajstić information content (AvgIpc) is 2.42. The fourth-order valence-electron chi connectivity index (χ4n) is 2.47. The van der Waals surface area contributed by atoms with Gasteiger partial charge in [0.25, 0.3) is 0 Å². The molecule has 0 aromatic carbocycles. The van der Waals surface area contributed by atoms with Crippen molar-refractivity contribution in [3.05, 3.63) is 18.3 Å². The van der Waals surface area contributed by atoms with Crippen LogP contribution in [0.1, 0.15) is 78.1 Å². The third-order valence-corrected chi connectivity index (χ3v) is 6.00. The molecule has 0 spiro atoms. The zero-order chi connectivity index (χ0) is 13.4. The van der Waals surface area contributed by atoms with Gasteiger partial charge in [0.05, 0.1) is 0 Å². The van der Waals surface area contributed by atoms with Crippen molar-refractivity contribution in [2.75, 3.05) is 0 Å². The number of halogens is 2. The van der Waals surface area contributed by atoms with Crippen LogP contribution in [-0.2, 0) is 0 Å². The number of allylic oxidation sites excluding steroid dienone is 4. The van der Waals surface area contributed by atoms with Crippen molar-refractivity contribution in [3.63, 3.8) is 0 Å². The molecule has 0 unspecified atom stereocenters. The highest BCUT2D eigenvalue weighted by atomic mass is 127. The quantitative estimate of drug-likeness (QED) is 0.356. The van der Waals surface area contributed by atoms with Crippen LogP contribution in [0.25, 0.3) is 0 Å². The molecule has 0 bridgehead atoms. The second kappa shape index (κ2) is 9.78. The van der Waals surface area contributed by atoms with Crippen molar-refractivity contribution >= 4 is 45.2 Å². The monoisotopic (exact) mass is 472 g/mol. The SMILES string of the molecule is CCCC/C(I)=C1/CCCC/C1=C(\I)CCCC. The lowest BCUT2D eigenvalue weighted by Gasteiger charge is -2.22. The van der Waals surface area contributed by atoms with Gasteiger partial charge in [0.15, 0.2) is 0 Å². The maximum Gasteiger partial charge on any atom is -0.00590 e.